The van der Waals surface area contributed by atoms with E-state index < -0.39 is 11.9 Å². The van der Waals surface area contributed by atoms with Crippen LogP contribution in [0.3, 0.4) is 0 Å². The minimum atomic E-state index is -0.503. The fourth-order valence-electron chi connectivity index (χ4n) is 0.709. The number of esters is 2. The van der Waals surface area contributed by atoms with Gasteiger partial charge in [-0.2, -0.15) is 0 Å². The summed E-state index contributed by atoms with van der Waals surface area (Å²) in [5.41, 5.74) is 0.651. The van der Waals surface area contributed by atoms with Gasteiger partial charge in [-0.25, -0.2) is 4.79 Å². The molecule has 0 aromatic carbocycles. The number of hydrogen-bond acceptors (Lipinski definition) is 4. The molecule has 0 radical (unpaired) electrons. The first-order valence-electron chi connectivity index (χ1n) is 3.30. The van der Waals surface area contributed by atoms with E-state index in [4.69, 9.17) is 11.6 Å². The molecule has 0 aliphatic carbocycles. The summed E-state index contributed by atoms with van der Waals surface area (Å²) in [5.74, 6) is -1.08. The zero-order valence-corrected chi connectivity index (χ0v) is 6.97. The Labute approximate surface area is 74.1 Å². The van der Waals surface area contributed by atoms with E-state index in [9.17, 15) is 9.59 Å². The summed E-state index contributed by atoms with van der Waals surface area (Å²) in [5, 5.41) is 0. The van der Waals surface area contributed by atoms with Crippen LogP contribution in [0.2, 0.25) is 0 Å². The van der Waals surface area contributed by atoms with Gasteiger partial charge in [0, 0.05) is 11.6 Å². The third-order valence-corrected chi connectivity index (χ3v) is 1.47. The van der Waals surface area contributed by atoms with Gasteiger partial charge < -0.3 is 9.47 Å². The number of hydrogen-bond donors (Lipinski definition) is 0. The van der Waals surface area contributed by atoms with Crippen LogP contribution >= 0.6 is 11.6 Å². The molecule has 0 saturated carbocycles. The maximum absolute atomic E-state index is 10.5. The zero-order valence-electron chi connectivity index (χ0n) is 6.21. The van der Waals surface area contributed by atoms with Crippen molar-refractivity contribution in [2.45, 2.75) is 0 Å². The van der Waals surface area contributed by atoms with E-state index in [1.165, 1.54) is 6.08 Å². The summed E-state index contributed by atoms with van der Waals surface area (Å²) in [6, 6.07) is 0. The van der Waals surface area contributed by atoms with Crippen LogP contribution in [0, 0.1) is 0 Å². The van der Waals surface area contributed by atoms with Crippen molar-refractivity contribution in [1.29, 1.82) is 0 Å². The summed E-state index contributed by atoms with van der Waals surface area (Å²) in [6.45, 7) is 0.283. The minimum absolute atomic E-state index is 0.0806. The Hall–Kier alpha value is -1.03. The van der Waals surface area contributed by atoms with Gasteiger partial charge in [0.15, 0.2) is 0 Å². The number of carbonyl (C=O) groups is 2. The standard InChI is InChI=1S/C7H7ClO4/c8-2-7(10)12-4-5-1-6(9)11-3-5/h1H,2-4H2. The molecule has 4 nitrogen and oxygen atoms in total. The van der Waals surface area contributed by atoms with Gasteiger partial charge in [-0.05, 0) is 0 Å². The molecular formula is C7H7ClO4. The average molecular weight is 191 g/mol. The van der Waals surface area contributed by atoms with Crippen molar-refractivity contribution in [3.63, 3.8) is 0 Å². The first-order valence-corrected chi connectivity index (χ1v) is 3.83. The highest BCUT2D eigenvalue weighted by molar-refractivity contribution is 6.26. The molecule has 0 aromatic rings. The molecule has 0 aromatic heterocycles. The van der Waals surface area contributed by atoms with Gasteiger partial charge in [-0.1, -0.05) is 0 Å². The second kappa shape index (κ2) is 4.11. The lowest BCUT2D eigenvalue weighted by Crippen LogP contribution is -2.09. The normalized spacial score (nSPS) is 15.4. The highest BCUT2D eigenvalue weighted by Crippen LogP contribution is 2.05. The molecule has 1 aliphatic rings. The topological polar surface area (TPSA) is 52.6 Å². The molecule has 5 heteroatoms. The van der Waals surface area contributed by atoms with Crippen LogP contribution in [0.5, 0.6) is 0 Å². The van der Waals surface area contributed by atoms with Crippen molar-refractivity contribution >= 4 is 23.5 Å². The Morgan fingerprint density at radius 2 is 2.50 bits per heavy atom. The molecule has 1 rings (SSSR count). The largest absolute Gasteiger partial charge is 0.460 e. The van der Waals surface area contributed by atoms with Gasteiger partial charge in [-0.3, -0.25) is 4.79 Å². The average Bonchev–Trinajstić information content (AvgIpc) is 2.47. The second-order valence-electron chi connectivity index (χ2n) is 2.20. The Kier molecular flexibility index (Phi) is 3.10. The van der Waals surface area contributed by atoms with Crippen molar-refractivity contribution in [2.24, 2.45) is 0 Å². The third-order valence-electron chi connectivity index (χ3n) is 1.25. The maximum atomic E-state index is 10.5. The van der Waals surface area contributed by atoms with Crippen molar-refractivity contribution in [3.8, 4) is 0 Å². The molecule has 0 amide bonds. The molecule has 0 spiro atoms. The van der Waals surface area contributed by atoms with Crippen LogP contribution in [-0.4, -0.2) is 31.0 Å². The van der Waals surface area contributed by atoms with E-state index in [0.717, 1.165) is 0 Å². The predicted octanol–water partition coefficient (Wildman–Crippen LogP) is 0.252. The number of alkyl halides is 1. The number of halogens is 1. The molecule has 1 aliphatic heterocycles. The summed E-state index contributed by atoms with van der Waals surface area (Å²) in [4.78, 5) is 21.0. The van der Waals surface area contributed by atoms with Crippen LogP contribution in [0.1, 0.15) is 0 Å². The van der Waals surface area contributed by atoms with Gasteiger partial charge in [0.05, 0.1) is 0 Å². The van der Waals surface area contributed by atoms with Crippen LogP contribution in [-0.2, 0) is 19.1 Å². The molecule has 0 unspecified atom stereocenters. The Balaban J connectivity index is 2.28. The van der Waals surface area contributed by atoms with E-state index >= 15 is 0 Å². The van der Waals surface area contributed by atoms with Gasteiger partial charge in [0.1, 0.15) is 19.1 Å². The van der Waals surface area contributed by atoms with Crippen LogP contribution < -0.4 is 0 Å². The van der Waals surface area contributed by atoms with E-state index in [2.05, 4.69) is 9.47 Å². The highest BCUT2D eigenvalue weighted by atomic mass is 35.5. The third kappa shape index (κ3) is 2.54. The first-order chi connectivity index (χ1) is 5.72. The number of rotatable bonds is 3. The highest BCUT2D eigenvalue weighted by Gasteiger charge is 2.13. The lowest BCUT2D eigenvalue weighted by atomic mass is 10.3. The molecule has 12 heavy (non-hydrogen) atoms. The summed E-state index contributed by atoms with van der Waals surface area (Å²) in [6.07, 6.45) is 1.31. The molecule has 66 valence electrons. The van der Waals surface area contributed by atoms with Crippen molar-refractivity contribution in [2.75, 3.05) is 19.1 Å². The lowest BCUT2D eigenvalue weighted by Gasteiger charge is -2.00. The molecule has 0 atom stereocenters. The minimum Gasteiger partial charge on any atom is -0.460 e. The Bertz CT molecular complexity index is 234. The monoisotopic (exact) mass is 190 g/mol. The molecule has 0 fully saturated rings. The Morgan fingerprint density at radius 1 is 1.75 bits per heavy atom. The van der Waals surface area contributed by atoms with Crippen molar-refractivity contribution < 1.29 is 19.1 Å². The summed E-state index contributed by atoms with van der Waals surface area (Å²) >= 11 is 5.17. The van der Waals surface area contributed by atoms with E-state index in [-0.39, 0.29) is 19.1 Å². The zero-order chi connectivity index (χ0) is 8.97. The van der Waals surface area contributed by atoms with Crippen molar-refractivity contribution in [1.82, 2.24) is 0 Å². The van der Waals surface area contributed by atoms with Gasteiger partial charge >= 0.3 is 11.9 Å². The molecule has 0 saturated heterocycles. The van der Waals surface area contributed by atoms with Crippen LogP contribution in [0.25, 0.3) is 0 Å². The van der Waals surface area contributed by atoms with Crippen molar-refractivity contribution in [3.05, 3.63) is 11.6 Å². The molecular weight excluding hydrogens is 184 g/mol. The van der Waals surface area contributed by atoms with Crippen LogP contribution in [0.15, 0.2) is 11.6 Å². The van der Waals surface area contributed by atoms with Crippen LogP contribution in [0.4, 0.5) is 0 Å². The summed E-state index contributed by atoms with van der Waals surface area (Å²) < 4.78 is 9.23. The van der Waals surface area contributed by atoms with Gasteiger partial charge in [0.2, 0.25) is 0 Å². The number of carbonyl (C=O) groups excluding carboxylic acids is 2. The van der Waals surface area contributed by atoms with Gasteiger partial charge in [-0.15, -0.1) is 11.6 Å². The predicted molar refractivity (Wildman–Crippen MR) is 40.7 cm³/mol. The SMILES string of the molecule is O=C1C=C(COC(=O)CCl)CO1. The number of ether oxygens (including phenoxy) is 2. The molecule has 0 bridgehead atoms. The quantitative estimate of drug-likeness (QED) is 0.473. The smallest absolute Gasteiger partial charge is 0.331 e. The lowest BCUT2D eigenvalue weighted by molar-refractivity contribution is -0.139. The van der Waals surface area contributed by atoms with E-state index in [1.54, 1.807) is 0 Å². The second-order valence-corrected chi connectivity index (χ2v) is 2.47. The fourth-order valence-corrected chi connectivity index (χ4v) is 0.786. The number of cyclic esters (lactones) is 1. The summed E-state index contributed by atoms with van der Waals surface area (Å²) in [7, 11) is 0. The van der Waals surface area contributed by atoms with E-state index in [0.29, 0.717) is 5.57 Å². The van der Waals surface area contributed by atoms with Gasteiger partial charge in [0.25, 0.3) is 0 Å². The first kappa shape index (κ1) is 9.06. The van der Waals surface area contributed by atoms with E-state index in [1.807, 2.05) is 0 Å². The Morgan fingerprint density at radius 3 is 3.00 bits per heavy atom. The molecule has 0 N–H and O–H groups in total. The fraction of sp³-hybridized carbons (Fsp3) is 0.429. The maximum Gasteiger partial charge on any atom is 0.331 e. The molecule has 1 heterocycles.